The van der Waals surface area contributed by atoms with Gasteiger partial charge in [-0.2, -0.15) is 0 Å². The number of rotatable bonds is 2. The van der Waals surface area contributed by atoms with E-state index in [9.17, 15) is 4.79 Å². The molecule has 0 aliphatic carbocycles. The van der Waals surface area contributed by atoms with E-state index >= 15 is 0 Å². The summed E-state index contributed by atoms with van der Waals surface area (Å²) >= 11 is 5.15. The molecule has 1 aliphatic rings. The highest BCUT2D eigenvalue weighted by Gasteiger charge is 2.31. The molecule has 0 spiro atoms. The first-order valence-electron chi connectivity index (χ1n) is 5.45. The van der Waals surface area contributed by atoms with E-state index in [2.05, 4.69) is 28.9 Å². The molecular formula is C12H14BrNOS. The van der Waals surface area contributed by atoms with Crippen LogP contribution in [0.1, 0.15) is 20.3 Å². The monoisotopic (exact) mass is 299 g/mol. The third-order valence-corrected chi connectivity index (χ3v) is 4.60. The van der Waals surface area contributed by atoms with Gasteiger partial charge in [-0.25, -0.2) is 0 Å². The fraction of sp³-hybridized carbons (Fsp3) is 0.417. The summed E-state index contributed by atoms with van der Waals surface area (Å²) < 4.78 is 1.07. The van der Waals surface area contributed by atoms with Crippen LogP contribution in [0.3, 0.4) is 0 Å². The van der Waals surface area contributed by atoms with Gasteiger partial charge in [0.15, 0.2) is 0 Å². The van der Waals surface area contributed by atoms with E-state index in [4.69, 9.17) is 0 Å². The summed E-state index contributed by atoms with van der Waals surface area (Å²) in [6.45, 7) is 4.82. The molecule has 1 amide bonds. The molecule has 0 saturated heterocycles. The zero-order chi connectivity index (χ0) is 11.7. The third kappa shape index (κ3) is 2.00. The van der Waals surface area contributed by atoms with E-state index in [1.54, 1.807) is 11.8 Å². The van der Waals surface area contributed by atoms with Gasteiger partial charge >= 0.3 is 0 Å². The Balaban J connectivity index is 2.46. The normalized spacial score (nSPS) is 19.8. The second-order valence-corrected chi connectivity index (χ2v) is 5.87. The third-order valence-electron chi connectivity index (χ3n) is 2.71. The van der Waals surface area contributed by atoms with Gasteiger partial charge in [-0.05, 0) is 31.5 Å². The van der Waals surface area contributed by atoms with E-state index in [-0.39, 0.29) is 11.2 Å². The lowest BCUT2D eigenvalue weighted by Crippen LogP contribution is -2.40. The van der Waals surface area contributed by atoms with E-state index in [1.807, 2.05) is 24.0 Å². The van der Waals surface area contributed by atoms with Crippen LogP contribution in [0.15, 0.2) is 27.6 Å². The van der Waals surface area contributed by atoms with Gasteiger partial charge in [0.1, 0.15) is 0 Å². The van der Waals surface area contributed by atoms with E-state index in [0.717, 1.165) is 23.1 Å². The molecule has 16 heavy (non-hydrogen) atoms. The molecule has 1 unspecified atom stereocenters. The van der Waals surface area contributed by atoms with E-state index < -0.39 is 0 Å². The number of hydrogen-bond donors (Lipinski definition) is 0. The van der Waals surface area contributed by atoms with Crippen LogP contribution in [-0.4, -0.2) is 17.7 Å². The molecule has 0 aromatic heterocycles. The first-order valence-corrected chi connectivity index (χ1v) is 7.12. The van der Waals surface area contributed by atoms with Crippen molar-refractivity contribution in [3.63, 3.8) is 0 Å². The fourth-order valence-electron chi connectivity index (χ4n) is 1.89. The van der Waals surface area contributed by atoms with Crippen molar-refractivity contribution >= 4 is 39.3 Å². The van der Waals surface area contributed by atoms with Gasteiger partial charge < -0.3 is 4.90 Å². The largest absolute Gasteiger partial charge is 0.311 e. The Labute approximate surface area is 109 Å². The Kier molecular flexibility index (Phi) is 3.60. The van der Waals surface area contributed by atoms with Gasteiger partial charge in [0, 0.05) is 15.9 Å². The van der Waals surface area contributed by atoms with Gasteiger partial charge in [-0.1, -0.05) is 22.9 Å². The molecule has 1 atom stereocenters. The minimum absolute atomic E-state index is 0.0711. The summed E-state index contributed by atoms with van der Waals surface area (Å²) in [4.78, 5) is 15.2. The number of halogens is 1. The highest BCUT2D eigenvalue weighted by atomic mass is 79.9. The SMILES string of the molecule is CCC1Sc2cc(Br)ccc2N(CC)C1=O. The minimum Gasteiger partial charge on any atom is -0.311 e. The quantitative estimate of drug-likeness (QED) is 0.830. The molecule has 0 saturated carbocycles. The average Bonchev–Trinajstić information content (AvgIpc) is 2.28. The lowest BCUT2D eigenvalue weighted by Gasteiger charge is -2.32. The van der Waals surface area contributed by atoms with Gasteiger partial charge in [-0.3, -0.25) is 4.79 Å². The predicted octanol–water partition coefficient (Wildman–Crippen LogP) is 3.69. The Morgan fingerprint density at radius 2 is 2.19 bits per heavy atom. The zero-order valence-electron chi connectivity index (χ0n) is 9.37. The maximum Gasteiger partial charge on any atom is 0.240 e. The highest BCUT2D eigenvalue weighted by Crippen LogP contribution is 2.41. The van der Waals surface area contributed by atoms with Crippen LogP contribution in [-0.2, 0) is 4.79 Å². The number of hydrogen-bond acceptors (Lipinski definition) is 2. The Morgan fingerprint density at radius 3 is 2.81 bits per heavy atom. The van der Waals surface area contributed by atoms with Crippen molar-refractivity contribution in [2.75, 3.05) is 11.4 Å². The van der Waals surface area contributed by atoms with Crippen LogP contribution >= 0.6 is 27.7 Å². The molecular weight excluding hydrogens is 286 g/mol. The summed E-state index contributed by atoms with van der Waals surface area (Å²) in [5, 5.41) is 0.0711. The molecule has 0 N–H and O–H groups in total. The molecule has 1 heterocycles. The summed E-state index contributed by atoms with van der Waals surface area (Å²) in [6.07, 6.45) is 0.881. The number of benzene rings is 1. The number of anilines is 1. The van der Waals surface area contributed by atoms with Crippen molar-refractivity contribution < 1.29 is 4.79 Å². The molecule has 0 radical (unpaired) electrons. The number of amides is 1. The molecule has 0 bridgehead atoms. The van der Waals surface area contributed by atoms with Gasteiger partial charge in [0.25, 0.3) is 0 Å². The Morgan fingerprint density at radius 1 is 1.44 bits per heavy atom. The maximum absolute atomic E-state index is 12.1. The number of thioether (sulfide) groups is 1. The highest BCUT2D eigenvalue weighted by molar-refractivity contribution is 9.10. The number of carbonyl (C=O) groups is 1. The van der Waals surface area contributed by atoms with Crippen molar-refractivity contribution in [2.24, 2.45) is 0 Å². The topological polar surface area (TPSA) is 20.3 Å². The predicted molar refractivity (Wildman–Crippen MR) is 72.1 cm³/mol. The van der Waals surface area contributed by atoms with Crippen molar-refractivity contribution in [1.82, 2.24) is 0 Å². The van der Waals surface area contributed by atoms with Crippen LogP contribution < -0.4 is 4.90 Å². The summed E-state index contributed by atoms with van der Waals surface area (Å²) in [7, 11) is 0. The molecule has 1 aliphatic heterocycles. The second-order valence-electron chi connectivity index (χ2n) is 3.71. The first kappa shape index (κ1) is 12.0. The minimum atomic E-state index is 0.0711. The Bertz CT molecular complexity index is 421. The van der Waals surface area contributed by atoms with Crippen LogP contribution in [0.5, 0.6) is 0 Å². The van der Waals surface area contributed by atoms with Gasteiger partial charge in [0.05, 0.1) is 10.9 Å². The summed E-state index contributed by atoms with van der Waals surface area (Å²) in [6, 6.07) is 6.10. The van der Waals surface area contributed by atoms with Crippen LogP contribution in [0.25, 0.3) is 0 Å². The van der Waals surface area contributed by atoms with Crippen molar-refractivity contribution in [1.29, 1.82) is 0 Å². The smallest absolute Gasteiger partial charge is 0.240 e. The van der Waals surface area contributed by atoms with Crippen LogP contribution in [0.4, 0.5) is 5.69 Å². The molecule has 0 fully saturated rings. The average molecular weight is 300 g/mol. The fourth-order valence-corrected chi connectivity index (χ4v) is 3.59. The second kappa shape index (κ2) is 4.80. The number of carbonyl (C=O) groups excluding carboxylic acids is 1. The molecule has 2 nitrogen and oxygen atoms in total. The maximum atomic E-state index is 12.1. The number of nitrogens with zero attached hydrogens (tertiary/aromatic N) is 1. The standard InChI is InChI=1S/C12H14BrNOS/c1-3-10-12(15)14(4-2)9-6-5-8(13)7-11(9)16-10/h5-7,10H,3-4H2,1-2H3. The molecule has 2 rings (SSSR count). The molecule has 1 aromatic carbocycles. The van der Waals surface area contributed by atoms with Crippen molar-refractivity contribution in [3.8, 4) is 0 Å². The molecule has 4 heteroatoms. The van der Waals surface area contributed by atoms with Gasteiger partial charge in [-0.15, -0.1) is 11.8 Å². The lowest BCUT2D eigenvalue weighted by atomic mass is 10.2. The van der Waals surface area contributed by atoms with Crippen LogP contribution in [0.2, 0.25) is 0 Å². The Hall–Kier alpha value is -0.480. The van der Waals surface area contributed by atoms with E-state index in [0.29, 0.717) is 0 Å². The zero-order valence-corrected chi connectivity index (χ0v) is 11.8. The van der Waals surface area contributed by atoms with Crippen molar-refractivity contribution in [2.45, 2.75) is 30.4 Å². The summed E-state index contributed by atoms with van der Waals surface area (Å²) in [5.41, 5.74) is 1.05. The van der Waals surface area contributed by atoms with Crippen molar-refractivity contribution in [3.05, 3.63) is 22.7 Å². The van der Waals surface area contributed by atoms with Gasteiger partial charge in [0.2, 0.25) is 5.91 Å². The number of fused-ring (bicyclic) bond motifs is 1. The molecule has 1 aromatic rings. The lowest BCUT2D eigenvalue weighted by molar-refractivity contribution is -0.118. The summed E-state index contributed by atoms with van der Waals surface area (Å²) in [5.74, 6) is 0.241. The van der Waals surface area contributed by atoms with Crippen LogP contribution in [0, 0.1) is 0 Å². The van der Waals surface area contributed by atoms with E-state index in [1.165, 1.54) is 4.90 Å². The molecule has 86 valence electrons. The first-order chi connectivity index (χ1) is 7.67.